The number of hydrogen-bond donors (Lipinski definition) is 1. The standard InChI is InChI=1S/C4H4NO2/c6-3-1-2-4(7)5-3/h1-3,6H/q+1. The summed E-state index contributed by atoms with van der Waals surface area (Å²) < 4.78 is 0. The molecule has 36 valence electrons. The van der Waals surface area contributed by atoms with Crippen LogP contribution in [0.3, 0.4) is 0 Å². The molecule has 1 aliphatic heterocycles. The predicted octanol–water partition coefficient (Wildman–Crippen LogP) is -0.444. The summed E-state index contributed by atoms with van der Waals surface area (Å²) in [5, 5.41) is 18.5. The van der Waals surface area contributed by atoms with E-state index in [1.54, 1.807) is 0 Å². The van der Waals surface area contributed by atoms with Crippen molar-refractivity contribution >= 4 is 5.90 Å². The third-order valence-corrected chi connectivity index (χ3v) is 0.670. The van der Waals surface area contributed by atoms with Gasteiger partial charge in [-0.2, -0.15) is 4.99 Å². The van der Waals surface area contributed by atoms with Gasteiger partial charge in [0.2, 0.25) is 6.42 Å². The van der Waals surface area contributed by atoms with Crippen LogP contribution in [-0.4, -0.2) is 17.2 Å². The molecule has 0 fully saturated rings. The molecule has 0 aromatic rings. The van der Waals surface area contributed by atoms with Gasteiger partial charge in [0, 0.05) is 0 Å². The first kappa shape index (κ1) is 4.46. The molecule has 0 aliphatic carbocycles. The van der Waals surface area contributed by atoms with Crippen LogP contribution in [0, 0.1) is 12.8 Å². The number of aliphatic imine (C=N–C) groups is 1. The molecule has 0 saturated carbocycles. The van der Waals surface area contributed by atoms with Gasteiger partial charge >= 0.3 is 5.90 Å². The highest BCUT2D eigenvalue weighted by Gasteiger charge is 2.25. The second kappa shape index (κ2) is 1.42. The van der Waals surface area contributed by atoms with Gasteiger partial charge < -0.3 is 5.11 Å². The van der Waals surface area contributed by atoms with Gasteiger partial charge in [0.1, 0.15) is 6.42 Å². The zero-order valence-corrected chi connectivity index (χ0v) is 3.53. The van der Waals surface area contributed by atoms with E-state index in [4.69, 9.17) is 5.11 Å². The van der Waals surface area contributed by atoms with Crippen molar-refractivity contribution in [2.45, 2.75) is 6.23 Å². The lowest BCUT2D eigenvalue weighted by Crippen LogP contribution is -1.94. The summed E-state index contributed by atoms with van der Waals surface area (Å²) >= 11 is 0. The molecule has 1 aliphatic rings. The number of rotatable bonds is 0. The van der Waals surface area contributed by atoms with Crippen LogP contribution >= 0.6 is 0 Å². The van der Waals surface area contributed by atoms with Gasteiger partial charge in [0.25, 0.3) is 6.23 Å². The SMILES string of the molecule is [O]C1=NC(O)[CH+][CH]1. The molecular weight excluding hydrogens is 94.0 g/mol. The molecule has 1 unspecified atom stereocenters. The van der Waals surface area contributed by atoms with Crippen LogP contribution in [0.1, 0.15) is 0 Å². The highest BCUT2D eigenvalue weighted by atomic mass is 16.3. The molecule has 1 atom stereocenters. The predicted molar refractivity (Wildman–Crippen MR) is 22.7 cm³/mol. The molecule has 3 nitrogen and oxygen atoms in total. The van der Waals surface area contributed by atoms with E-state index < -0.39 is 6.23 Å². The van der Waals surface area contributed by atoms with Crippen LogP contribution in [0.2, 0.25) is 0 Å². The molecular formula is C4H4NO2+. The summed E-state index contributed by atoms with van der Waals surface area (Å²) in [4.78, 5) is 3.19. The Kier molecular flexibility index (Phi) is 0.906. The summed E-state index contributed by atoms with van der Waals surface area (Å²) in [6, 6.07) is 0. The minimum absolute atomic E-state index is 0.354. The minimum Gasteiger partial charge on any atom is -0.335 e. The molecule has 1 N–H and O–H groups in total. The fraction of sp³-hybridized carbons (Fsp3) is 0.250. The number of aliphatic hydroxyl groups excluding tert-OH is 1. The quantitative estimate of drug-likeness (QED) is 0.410. The normalized spacial score (nSPS) is 29.3. The lowest BCUT2D eigenvalue weighted by Gasteiger charge is -1.76. The fourth-order valence-corrected chi connectivity index (χ4v) is 0.385. The van der Waals surface area contributed by atoms with Crippen molar-refractivity contribution in [3.63, 3.8) is 0 Å². The number of hydrogen-bond acceptors (Lipinski definition) is 2. The Labute approximate surface area is 41.3 Å². The first-order valence-electron chi connectivity index (χ1n) is 1.90. The maximum absolute atomic E-state index is 10.0. The minimum atomic E-state index is -0.882. The third kappa shape index (κ3) is 0.838. The number of nitrogens with zero attached hydrogens (tertiary/aromatic N) is 1. The van der Waals surface area contributed by atoms with Crippen molar-refractivity contribution in [1.29, 1.82) is 0 Å². The Bertz CT molecular complexity index is 99.9. The molecule has 0 bridgehead atoms. The maximum atomic E-state index is 10.0. The van der Waals surface area contributed by atoms with Crippen LogP contribution in [0.15, 0.2) is 4.99 Å². The van der Waals surface area contributed by atoms with E-state index in [9.17, 15) is 5.11 Å². The monoisotopic (exact) mass is 98.0 g/mol. The maximum Gasteiger partial charge on any atom is 0.301 e. The van der Waals surface area contributed by atoms with Gasteiger partial charge in [-0.05, 0) is 0 Å². The van der Waals surface area contributed by atoms with Gasteiger partial charge in [-0.1, -0.05) is 0 Å². The lowest BCUT2D eigenvalue weighted by atomic mass is 10.3. The van der Waals surface area contributed by atoms with Crippen molar-refractivity contribution < 1.29 is 10.2 Å². The second-order valence-electron chi connectivity index (χ2n) is 1.24. The highest BCUT2D eigenvalue weighted by molar-refractivity contribution is 5.86. The molecule has 7 heavy (non-hydrogen) atoms. The van der Waals surface area contributed by atoms with E-state index in [2.05, 4.69) is 4.99 Å². The average molecular weight is 98.1 g/mol. The van der Waals surface area contributed by atoms with E-state index in [0.29, 0.717) is 0 Å². The molecule has 0 saturated heterocycles. The Morgan fingerprint density at radius 1 is 2.00 bits per heavy atom. The largest absolute Gasteiger partial charge is 0.335 e. The van der Waals surface area contributed by atoms with E-state index in [0.717, 1.165) is 0 Å². The molecule has 1 rings (SSSR count). The van der Waals surface area contributed by atoms with Crippen LogP contribution in [0.5, 0.6) is 0 Å². The second-order valence-corrected chi connectivity index (χ2v) is 1.24. The summed E-state index contributed by atoms with van der Waals surface area (Å²) in [6.07, 6.45) is 1.69. The van der Waals surface area contributed by atoms with E-state index in [-0.39, 0.29) is 5.90 Å². The van der Waals surface area contributed by atoms with Crippen LogP contribution in [0.25, 0.3) is 0 Å². The van der Waals surface area contributed by atoms with E-state index >= 15 is 0 Å². The Hall–Kier alpha value is -0.700. The highest BCUT2D eigenvalue weighted by Crippen LogP contribution is 2.05. The third-order valence-electron chi connectivity index (χ3n) is 0.670. The molecule has 2 radical (unpaired) electrons. The van der Waals surface area contributed by atoms with Gasteiger partial charge in [-0.25, -0.2) is 0 Å². The first-order chi connectivity index (χ1) is 3.29. The summed E-state index contributed by atoms with van der Waals surface area (Å²) in [6.45, 7) is 0. The van der Waals surface area contributed by atoms with Crippen molar-refractivity contribution in [2.24, 2.45) is 4.99 Å². The van der Waals surface area contributed by atoms with Crippen molar-refractivity contribution in [3.8, 4) is 0 Å². The zero-order chi connectivity index (χ0) is 5.28. The lowest BCUT2D eigenvalue weighted by molar-refractivity contribution is 0.224. The van der Waals surface area contributed by atoms with Crippen LogP contribution in [0.4, 0.5) is 0 Å². The topological polar surface area (TPSA) is 52.5 Å². The van der Waals surface area contributed by atoms with Crippen LogP contribution in [-0.2, 0) is 5.11 Å². The van der Waals surface area contributed by atoms with E-state index in [1.807, 2.05) is 0 Å². The van der Waals surface area contributed by atoms with Crippen molar-refractivity contribution in [3.05, 3.63) is 12.8 Å². The van der Waals surface area contributed by atoms with Gasteiger partial charge in [0.15, 0.2) is 0 Å². The Morgan fingerprint density at radius 2 is 2.71 bits per heavy atom. The summed E-state index contributed by atoms with van der Waals surface area (Å²) in [7, 11) is 0. The molecule has 1 heterocycles. The number of aliphatic hydroxyl groups is 1. The van der Waals surface area contributed by atoms with Crippen LogP contribution < -0.4 is 0 Å². The van der Waals surface area contributed by atoms with Gasteiger partial charge in [0.05, 0.1) is 0 Å². The average Bonchev–Trinajstić information content (AvgIpc) is 1.87. The molecule has 0 amide bonds. The summed E-state index contributed by atoms with van der Waals surface area (Å²) in [5.74, 6) is -0.354. The van der Waals surface area contributed by atoms with Crippen molar-refractivity contribution in [1.82, 2.24) is 0 Å². The molecule has 3 heteroatoms. The van der Waals surface area contributed by atoms with Gasteiger partial charge in [-0.3, -0.25) is 5.11 Å². The smallest absolute Gasteiger partial charge is 0.301 e. The first-order valence-corrected chi connectivity index (χ1v) is 1.90. The Balaban J connectivity index is 2.50. The molecule has 0 aromatic carbocycles. The fourth-order valence-electron chi connectivity index (χ4n) is 0.385. The Morgan fingerprint density at radius 3 is 2.86 bits per heavy atom. The summed E-state index contributed by atoms with van der Waals surface area (Å²) in [5.41, 5.74) is 0. The molecule has 0 spiro atoms. The molecule has 0 aromatic heterocycles. The van der Waals surface area contributed by atoms with E-state index in [1.165, 1.54) is 12.8 Å². The zero-order valence-electron chi connectivity index (χ0n) is 3.53. The van der Waals surface area contributed by atoms with Gasteiger partial charge in [-0.15, -0.1) is 0 Å². The van der Waals surface area contributed by atoms with Crippen molar-refractivity contribution in [2.75, 3.05) is 0 Å².